The van der Waals surface area contributed by atoms with Gasteiger partial charge < -0.3 is 15.2 Å². The van der Waals surface area contributed by atoms with Crippen LogP contribution >= 0.6 is 22.7 Å². The molecule has 0 bridgehead atoms. The smallest absolute Gasteiger partial charge is 0.225 e. The molecule has 2 atom stereocenters. The summed E-state index contributed by atoms with van der Waals surface area (Å²) in [6, 6.07) is 20.7. The predicted molar refractivity (Wildman–Crippen MR) is 130 cm³/mol. The van der Waals surface area contributed by atoms with Crippen molar-refractivity contribution < 1.29 is 14.6 Å². The van der Waals surface area contributed by atoms with Gasteiger partial charge in [-0.3, -0.25) is 4.79 Å². The van der Waals surface area contributed by atoms with Gasteiger partial charge in [-0.1, -0.05) is 48.5 Å². The van der Waals surface area contributed by atoms with Gasteiger partial charge in [0.2, 0.25) is 5.91 Å². The van der Waals surface area contributed by atoms with Crippen LogP contribution < -0.4 is 10.1 Å². The first-order chi connectivity index (χ1) is 15.5. The Morgan fingerprint density at radius 1 is 1.09 bits per heavy atom. The standard InChI is InChI=1S/C25H24N2O3S2/c1-16(24(29)18-10-12-19(30-2)13-11-18)26-22(28)15-21-23(17-7-4-3-5-8-17)27-25(32-21)20-9-6-14-31-20/h3-14,16,24,29H,15H2,1-2H3,(H,26,28). The summed E-state index contributed by atoms with van der Waals surface area (Å²) in [5.41, 5.74) is 2.54. The first kappa shape index (κ1) is 22.2. The fraction of sp³-hybridized carbons (Fsp3) is 0.200. The van der Waals surface area contributed by atoms with E-state index in [0.717, 1.165) is 37.3 Å². The van der Waals surface area contributed by atoms with Crippen molar-refractivity contribution >= 4 is 28.6 Å². The van der Waals surface area contributed by atoms with E-state index in [-0.39, 0.29) is 12.3 Å². The summed E-state index contributed by atoms with van der Waals surface area (Å²) >= 11 is 3.17. The van der Waals surface area contributed by atoms with E-state index in [1.165, 1.54) is 11.3 Å². The number of hydrogen-bond acceptors (Lipinski definition) is 6. The highest BCUT2D eigenvalue weighted by Gasteiger charge is 2.21. The number of ether oxygens (including phenoxy) is 1. The third-order valence-electron chi connectivity index (χ3n) is 5.12. The third-order valence-corrected chi connectivity index (χ3v) is 7.21. The Hall–Kier alpha value is -3.00. The molecule has 0 aliphatic carbocycles. The van der Waals surface area contributed by atoms with Gasteiger partial charge in [0.25, 0.3) is 0 Å². The number of rotatable bonds is 8. The molecule has 4 rings (SSSR count). The molecule has 2 heterocycles. The van der Waals surface area contributed by atoms with Gasteiger partial charge in [-0.2, -0.15) is 0 Å². The van der Waals surface area contributed by atoms with Crippen LogP contribution in [0.5, 0.6) is 5.75 Å². The van der Waals surface area contributed by atoms with Crippen molar-refractivity contribution in [3.05, 3.63) is 82.6 Å². The molecule has 0 aliphatic heterocycles. The quantitative estimate of drug-likeness (QED) is 0.370. The molecule has 4 aromatic rings. The molecule has 0 saturated carbocycles. The lowest BCUT2D eigenvalue weighted by Gasteiger charge is -2.21. The lowest BCUT2D eigenvalue weighted by Crippen LogP contribution is -2.37. The van der Waals surface area contributed by atoms with Gasteiger partial charge in [0.1, 0.15) is 10.8 Å². The average Bonchev–Trinajstić information content (AvgIpc) is 3.49. The summed E-state index contributed by atoms with van der Waals surface area (Å²) < 4.78 is 5.16. The van der Waals surface area contributed by atoms with Crippen LogP contribution in [-0.2, 0) is 11.2 Å². The molecule has 1 amide bonds. The minimum Gasteiger partial charge on any atom is -0.497 e. The number of thiophene rings is 1. The van der Waals surface area contributed by atoms with Crippen LogP contribution in [0.25, 0.3) is 21.1 Å². The van der Waals surface area contributed by atoms with Gasteiger partial charge in [0, 0.05) is 10.4 Å². The SMILES string of the molecule is COc1ccc(C(O)C(C)NC(=O)Cc2sc(-c3cccs3)nc2-c2ccccc2)cc1. The second-order valence-electron chi connectivity index (χ2n) is 7.39. The molecule has 5 nitrogen and oxygen atoms in total. The maximum Gasteiger partial charge on any atom is 0.225 e. The van der Waals surface area contributed by atoms with E-state index in [4.69, 9.17) is 9.72 Å². The molecule has 0 saturated heterocycles. The van der Waals surface area contributed by atoms with Crippen molar-refractivity contribution in [2.45, 2.75) is 25.5 Å². The third kappa shape index (κ3) is 5.07. The number of aromatic nitrogens is 1. The molecule has 7 heteroatoms. The molecule has 0 radical (unpaired) electrons. The van der Waals surface area contributed by atoms with E-state index in [2.05, 4.69) is 5.32 Å². The van der Waals surface area contributed by atoms with Gasteiger partial charge >= 0.3 is 0 Å². The molecule has 164 valence electrons. The Morgan fingerprint density at radius 3 is 2.50 bits per heavy atom. The van der Waals surface area contributed by atoms with Crippen LogP contribution in [-0.4, -0.2) is 29.1 Å². The number of carbonyl (C=O) groups excluding carboxylic acids is 1. The van der Waals surface area contributed by atoms with Crippen LogP contribution in [0.15, 0.2) is 72.1 Å². The Kier molecular flexibility index (Phi) is 6.99. The van der Waals surface area contributed by atoms with E-state index < -0.39 is 12.1 Å². The molecule has 0 fully saturated rings. The van der Waals surface area contributed by atoms with E-state index >= 15 is 0 Å². The van der Waals surface area contributed by atoms with E-state index in [9.17, 15) is 9.90 Å². The van der Waals surface area contributed by atoms with Gasteiger partial charge in [0.15, 0.2) is 0 Å². The average molecular weight is 465 g/mol. The van der Waals surface area contributed by atoms with Gasteiger partial charge in [-0.15, -0.1) is 22.7 Å². The summed E-state index contributed by atoms with van der Waals surface area (Å²) in [5.74, 6) is 0.571. The number of nitrogens with one attached hydrogen (secondary N) is 1. The van der Waals surface area contributed by atoms with Crippen LogP contribution in [0.3, 0.4) is 0 Å². The molecule has 2 aromatic carbocycles. The lowest BCUT2D eigenvalue weighted by atomic mass is 10.0. The summed E-state index contributed by atoms with van der Waals surface area (Å²) in [5, 5.41) is 16.5. The molecule has 2 unspecified atom stereocenters. The first-order valence-corrected chi connectivity index (χ1v) is 11.9. The van der Waals surface area contributed by atoms with Crippen molar-refractivity contribution in [1.29, 1.82) is 0 Å². The minimum atomic E-state index is -0.818. The zero-order chi connectivity index (χ0) is 22.5. The molecule has 2 aromatic heterocycles. The predicted octanol–water partition coefficient (Wildman–Crippen LogP) is 5.33. The number of amides is 1. The summed E-state index contributed by atoms with van der Waals surface area (Å²) in [6.07, 6.45) is -0.617. The number of aliphatic hydroxyl groups is 1. The minimum absolute atomic E-state index is 0.149. The highest BCUT2D eigenvalue weighted by atomic mass is 32.1. The van der Waals surface area contributed by atoms with Gasteiger partial charge in [-0.25, -0.2) is 4.98 Å². The number of nitrogens with zero attached hydrogens (tertiary/aromatic N) is 1. The summed E-state index contributed by atoms with van der Waals surface area (Å²) in [7, 11) is 1.60. The van der Waals surface area contributed by atoms with E-state index in [1.807, 2.05) is 47.8 Å². The van der Waals surface area contributed by atoms with Crippen molar-refractivity contribution in [3.8, 4) is 26.9 Å². The topological polar surface area (TPSA) is 71.5 Å². The van der Waals surface area contributed by atoms with E-state index in [1.54, 1.807) is 49.6 Å². The van der Waals surface area contributed by atoms with E-state index in [0.29, 0.717) is 0 Å². The molecule has 2 N–H and O–H groups in total. The van der Waals surface area contributed by atoms with Crippen LogP contribution in [0, 0.1) is 0 Å². The summed E-state index contributed by atoms with van der Waals surface area (Å²) in [6.45, 7) is 1.80. The second kappa shape index (κ2) is 10.1. The zero-order valence-corrected chi connectivity index (χ0v) is 19.5. The summed E-state index contributed by atoms with van der Waals surface area (Å²) in [4.78, 5) is 19.7. The van der Waals surface area contributed by atoms with Crippen LogP contribution in [0.4, 0.5) is 0 Å². The van der Waals surface area contributed by atoms with Crippen molar-refractivity contribution in [2.75, 3.05) is 7.11 Å². The van der Waals surface area contributed by atoms with Gasteiger partial charge in [-0.05, 0) is 36.1 Å². The Balaban J connectivity index is 1.50. The number of methoxy groups -OCH3 is 1. The van der Waals surface area contributed by atoms with Crippen LogP contribution in [0.2, 0.25) is 0 Å². The van der Waals surface area contributed by atoms with Crippen molar-refractivity contribution in [2.24, 2.45) is 0 Å². The van der Waals surface area contributed by atoms with Crippen molar-refractivity contribution in [3.63, 3.8) is 0 Å². The fourth-order valence-electron chi connectivity index (χ4n) is 3.42. The monoisotopic (exact) mass is 464 g/mol. The van der Waals surface area contributed by atoms with Crippen molar-refractivity contribution in [1.82, 2.24) is 10.3 Å². The molecular weight excluding hydrogens is 440 g/mol. The molecule has 32 heavy (non-hydrogen) atoms. The molecule has 0 spiro atoms. The highest BCUT2D eigenvalue weighted by molar-refractivity contribution is 7.21. The van der Waals surface area contributed by atoms with Crippen LogP contribution in [0.1, 0.15) is 23.5 Å². The number of hydrogen-bond donors (Lipinski definition) is 2. The largest absolute Gasteiger partial charge is 0.497 e. The number of aliphatic hydroxyl groups excluding tert-OH is 1. The lowest BCUT2D eigenvalue weighted by molar-refractivity contribution is -0.121. The molecule has 0 aliphatic rings. The Labute approximate surface area is 195 Å². The maximum absolute atomic E-state index is 12.9. The fourth-order valence-corrected chi connectivity index (χ4v) is 5.30. The number of thiazole rings is 1. The first-order valence-electron chi connectivity index (χ1n) is 10.3. The number of benzene rings is 2. The molecular formula is C25H24N2O3S2. The Morgan fingerprint density at radius 2 is 1.84 bits per heavy atom. The number of carbonyl (C=O) groups is 1. The normalized spacial score (nSPS) is 12.8. The van der Waals surface area contributed by atoms with Gasteiger partial charge in [0.05, 0.1) is 36.2 Å². The Bertz CT molecular complexity index is 1160. The maximum atomic E-state index is 12.9. The second-order valence-corrected chi connectivity index (χ2v) is 9.42. The highest BCUT2D eigenvalue weighted by Crippen LogP contribution is 2.36. The zero-order valence-electron chi connectivity index (χ0n) is 17.8.